The normalized spacial score (nSPS) is 35.6. The molecule has 0 aliphatic carbocycles. The smallest absolute Gasteiger partial charge is 0.138 e. The van der Waals surface area contributed by atoms with Crippen LogP contribution in [0.3, 0.4) is 0 Å². The predicted octanol–water partition coefficient (Wildman–Crippen LogP) is 4.13. The van der Waals surface area contributed by atoms with E-state index in [4.69, 9.17) is 4.74 Å². The van der Waals surface area contributed by atoms with Crippen LogP contribution in [0.1, 0.15) is 93.4 Å². The highest BCUT2D eigenvalue weighted by Crippen LogP contribution is 2.34. The summed E-state index contributed by atoms with van der Waals surface area (Å²) in [5, 5.41) is 11.5. The van der Waals surface area contributed by atoms with Crippen LogP contribution in [0.5, 0.6) is 0 Å². The van der Waals surface area contributed by atoms with Gasteiger partial charge in [0.1, 0.15) is 5.60 Å². The molecule has 0 amide bonds. The van der Waals surface area contributed by atoms with Crippen LogP contribution in [0.2, 0.25) is 0 Å². The first-order chi connectivity index (χ1) is 15.6. The summed E-state index contributed by atoms with van der Waals surface area (Å²) in [6.07, 6.45) is 7.92. The van der Waals surface area contributed by atoms with Crippen molar-refractivity contribution in [2.45, 2.75) is 141 Å². The zero-order valence-electron chi connectivity index (χ0n) is 22.5. The van der Waals surface area contributed by atoms with E-state index in [1.165, 1.54) is 25.7 Å². The molecule has 0 aromatic heterocycles. The zero-order valence-corrected chi connectivity index (χ0v) is 22.5. The highest BCUT2D eigenvalue weighted by molar-refractivity contribution is 5.21. The first kappa shape index (κ1) is 27.0. The molecule has 3 fully saturated rings. The topological polar surface area (TPSA) is 39.2 Å². The van der Waals surface area contributed by atoms with Crippen molar-refractivity contribution < 1.29 is 9.84 Å². The molecule has 3 rings (SSSR count). The lowest BCUT2D eigenvalue weighted by atomic mass is 9.83. The maximum Gasteiger partial charge on any atom is 0.138 e. The summed E-state index contributed by atoms with van der Waals surface area (Å²) in [5.74, 6) is 6.88. The Labute approximate surface area is 204 Å². The fourth-order valence-corrected chi connectivity index (χ4v) is 6.61. The molecule has 33 heavy (non-hydrogen) atoms. The number of piperidine rings is 2. The van der Waals surface area contributed by atoms with Crippen molar-refractivity contribution in [3.05, 3.63) is 0 Å². The number of ether oxygens (including phenoxy) is 1. The minimum atomic E-state index is -0.909. The van der Waals surface area contributed by atoms with Gasteiger partial charge in [-0.1, -0.05) is 18.3 Å². The van der Waals surface area contributed by atoms with Crippen LogP contribution in [-0.2, 0) is 4.74 Å². The number of rotatable bonds is 5. The van der Waals surface area contributed by atoms with Gasteiger partial charge in [0.15, 0.2) is 0 Å². The fourth-order valence-electron chi connectivity index (χ4n) is 6.61. The van der Waals surface area contributed by atoms with Gasteiger partial charge in [-0.15, -0.1) is 0 Å². The second-order valence-electron chi connectivity index (χ2n) is 11.7. The first-order valence-electron chi connectivity index (χ1n) is 13.7. The average Bonchev–Trinajstić information content (AvgIpc) is 2.99. The summed E-state index contributed by atoms with van der Waals surface area (Å²) in [6.45, 7) is 19.2. The molecule has 190 valence electrons. The molecule has 0 spiro atoms. The Bertz CT molecular complexity index is 670. The maximum absolute atomic E-state index is 11.5. The van der Waals surface area contributed by atoms with Crippen molar-refractivity contribution in [1.29, 1.82) is 0 Å². The molecule has 5 heteroatoms. The predicted molar refractivity (Wildman–Crippen MR) is 137 cm³/mol. The van der Waals surface area contributed by atoms with Gasteiger partial charge in [0, 0.05) is 55.9 Å². The molecule has 0 bridgehead atoms. The minimum Gasteiger partial charge on any atom is -0.380 e. The van der Waals surface area contributed by atoms with Gasteiger partial charge in [-0.25, -0.2) is 0 Å². The summed E-state index contributed by atoms with van der Waals surface area (Å²) >= 11 is 0. The molecule has 1 N–H and O–H groups in total. The minimum absolute atomic E-state index is 0.171. The van der Waals surface area contributed by atoms with Gasteiger partial charge >= 0.3 is 0 Å². The van der Waals surface area contributed by atoms with E-state index in [1.807, 2.05) is 0 Å². The van der Waals surface area contributed by atoms with Gasteiger partial charge in [0.25, 0.3) is 0 Å². The van der Waals surface area contributed by atoms with Crippen LogP contribution in [0.25, 0.3) is 0 Å². The third-order valence-corrected chi connectivity index (χ3v) is 8.26. The molecule has 3 heterocycles. The summed E-state index contributed by atoms with van der Waals surface area (Å²) in [6, 6.07) is 3.47. The highest BCUT2D eigenvalue weighted by Gasteiger charge is 2.41. The van der Waals surface area contributed by atoms with E-state index in [-0.39, 0.29) is 6.04 Å². The third kappa shape index (κ3) is 6.95. The van der Waals surface area contributed by atoms with Crippen LogP contribution in [-0.4, -0.2) is 94.0 Å². The molecule has 0 radical (unpaired) electrons. The monoisotopic (exact) mass is 461 g/mol. The molecule has 3 aliphatic heterocycles. The second kappa shape index (κ2) is 11.9. The SMILES string of the molecule is CC(C)N1CCOCCC1C#CC1(O)CCC(CC2CCCC(C)N2C(C)C)N(C(C)C)C1. The summed E-state index contributed by atoms with van der Waals surface area (Å²) in [7, 11) is 0. The lowest BCUT2D eigenvalue weighted by molar-refractivity contribution is -0.0420. The number of likely N-dealkylation sites (tertiary alicyclic amines) is 2. The number of β-amino-alcohol motifs (C(OH)–C–C–N with tert-alkyl or cyclic N) is 1. The quantitative estimate of drug-likeness (QED) is 0.623. The van der Waals surface area contributed by atoms with Gasteiger partial charge in [0.2, 0.25) is 0 Å². The Kier molecular flexibility index (Phi) is 9.69. The molecule has 3 saturated heterocycles. The lowest BCUT2D eigenvalue weighted by Gasteiger charge is -2.49. The van der Waals surface area contributed by atoms with Gasteiger partial charge in [-0.2, -0.15) is 0 Å². The number of aliphatic hydroxyl groups is 1. The average molecular weight is 462 g/mol. The van der Waals surface area contributed by atoms with Gasteiger partial charge in [0.05, 0.1) is 12.6 Å². The van der Waals surface area contributed by atoms with Crippen molar-refractivity contribution in [3.63, 3.8) is 0 Å². The van der Waals surface area contributed by atoms with Gasteiger partial charge in [-0.05, 0) is 87.0 Å². The van der Waals surface area contributed by atoms with Crippen molar-refractivity contribution in [2.24, 2.45) is 0 Å². The lowest BCUT2D eigenvalue weighted by Crippen LogP contribution is -2.57. The van der Waals surface area contributed by atoms with Crippen molar-refractivity contribution >= 4 is 0 Å². The Morgan fingerprint density at radius 2 is 1.64 bits per heavy atom. The first-order valence-corrected chi connectivity index (χ1v) is 13.7. The van der Waals surface area contributed by atoms with Crippen LogP contribution in [0, 0.1) is 11.8 Å². The van der Waals surface area contributed by atoms with Crippen LogP contribution in [0.15, 0.2) is 0 Å². The van der Waals surface area contributed by atoms with E-state index in [2.05, 4.69) is 75.0 Å². The number of hydrogen-bond acceptors (Lipinski definition) is 5. The second-order valence-corrected chi connectivity index (χ2v) is 11.7. The van der Waals surface area contributed by atoms with Crippen molar-refractivity contribution in [3.8, 4) is 11.8 Å². The Morgan fingerprint density at radius 1 is 0.909 bits per heavy atom. The van der Waals surface area contributed by atoms with E-state index >= 15 is 0 Å². The Hall–Kier alpha value is -0.640. The number of nitrogens with zero attached hydrogens (tertiary/aromatic N) is 3. The van der Waals surface area contributed by atoms with E-state index in [0.717, 1.165) is 39.0 Å². The molecule has 0 aromatic carbocycles. The summed E-state index contributed by atoms with van der Waals surface area (Å²) in [5.41, 5.74) is -0.909. The van der Waals surface area contributed by atoms with E-state index in [9.17, 15) is 5.11 Å². The summed E-state index contributed by atoms with van der Waals surface area (Å²) < 4.78 is 5.71. The molecular formula is C28H51N3O2. The molecule has 5 atom stereocenters. The standard InChI is InChI=1S/C28H51N3O2/c1-21(2)29-16-18-33-17-13-25(29)11-14-28(32)15-12-26(30(20-28)22(3)4)19-27-10-8-9-24(7)31(27)23(5)6/h21-27,32H,8-10,12-13,15-20H2,1-7H3. The van der Waals surface area contributed by atoms with Crippen LogP contribution >= 0.6 is 0 Å². The zero-order chi connectivity index (χ0) is 24.2. The molecular weight excluding hydrogens is 410 g/mol. The molecule has 5 unspecified atom stereocenters. The van der Waals surface area contributed by atoms with E-state index in [0.29, 0.717) is 42.8 Å². The van der Waals surface area contributed by atoms with Gasteiger partial charge < -0.3 is 9.84 Å². The highest BCUT2D eigenvalue weighted by atomic mass is 16.5. The van der Waals surface area contributed by atoms with Crippen LogP contribution in [0.4, 0.5) is 0 Å². The van der Waals surface area contributed by atoms with E-state index < -0.39 is 5.60 Å². The van der Waals surface area contributed by atoms with E-state index in [1.54, 1.807) is 0 Å². The number of hydrogen-bond donors (Lipinski definition) is 1. The molecule has 0 saturated carbocycles. The largest absolute Gasteiger partial charge is 0.380 e. The third-order valence-electron chi connectivity index (χ3n) is 8.26. The van der Waals surface area contributed by atoms with Crippen molar-refractivity contribution in [2.75, 3.05) is 26.3 Å². The van der Waals surface area contributed by atoms with Gasteiger partial charge in [-0.3, -0.25) is 14.7 Å². The molecule has 0 aromatic rings. The fraction of sp³-hybridized carbons (Fsp3) is 0.929. The Balaban J connectivity index is 1.71. The molecule has 3 aliphatic rings. The van der Waals surface area contributed by atoms with Crippen molar-refractivity contribution in [1.82, 2.24) is 14.7 Å². The van der Waals surface area contributed by atoms with Crippen LogP contribution < -0.4 is 0 Å². The summed E-state index contributed by atoms with van der Waals surface area (Å²) in [4.78, 5) is 7.74. The maximum atomic E-state index is 11.5. The molecule has 5 nitrogen and oxygen atoms in total. The Morgan fingerprint density at radius 3 is 2.30 bits per heavy atom.